The number of halogens is 1. The van der Waals surface area contributed by atoms with Crippen molar-refractivity contribution in [2.45, 2.75) is 46.6 Å². The van der Waals surface area contributed by atoms with Crippen molar-refractivity contribution in [3.63, 3.8) is 0 Å². The van der Waals surface area contributed by atoms with Crippen molar-refractivity contribution in [2.75, 3.05) is 25.0 Å². The molecule has 0 saturated heterocycles. The predicted octanol–water partition coefficient (Wildman–Crippen LogP) is 4.99. The van der Waals surface area contributed by atoms with Crippen LogP contribution in [0.5, 0.6) is 0 Å². The number of nitrogens with one attached hydrogen (secondary N) is 1. The maximum atomic E-state index is 3.60. The second-order valence-electron chi connectivity index (χ2n) is 5.77. The summed E-state index contributed by atoms with van der Waals surface area (Å²) in [5, 5.41) is 3.59. The van der Waals surface area contributed by atoms with Gasteiger partial charge in [0.05, 0.1) is 0 Å². The summed E-state index contributed by atoms with van der Waals surface area (Å²) < 4.78 is 1.15. The molecule has 0 aliphatic rings. The Morgan fingerprint density at radius 2 is 1.95 bits per heavy atom. The molecule has 0 fully saturated rings. The minimum Gasteiger partial charge on any atom is -0.374 e. The Balaban J connectivity index is 2.94. The zero-order valence-corrected chi connectivity index (χ0v) is 15.1. The Morgan fingerprint density at radius 1 is 1.25 bits per heavy atom. The van der Waals surface area contributed by atoms with E-state index in [4.69, 9.17) is 0 Å². The summed E-state index contributed by atoms with van der Waals surface area (Å²) >= 11 is 3.60. The molecule has 1 aromatic rings. The first-order chi connectivity index (χ1) is 9.49. The SMILES string of the molecule is CCCNC(C)c1ccc(Br)cc1N(C)CC(C)CC. The van der Waals surface area contributed by atoms with Gasteiger partial charge in [-0.3, -0.25) is 0 Å². The molecule has 0 heterocycles. The molecule has 0 aliphatic carbocycles. The monoisotopic (exact) mass is 340 g/mol. The summed E-state index contributed by atoms with van der Waals surface area (Å²) in [4.78, 5) is 2.39. The van der Waals surface area contributed by atoms with E-state index in [9.17, 15) is 0 Å². The summed E-state index contributed by atoms with van der Waals surface area (Å²) in [5.74, 6) is 0.714. The molecule has 0 amide bonds. The van der Waals surface area contributed by atoms with Crippen molar-refractivity contribution >= 4 is 21.6 Å². The first-order valence-corrected chi connectivity index (χ1v) is 8.52. The molecule has 0 aliphatic heterocycles. The van der Waals surface area contributed by atoms with Crippen LogP contribution < -0.4 is 10.2 Å². The molecule has 0 radical (unpaired) electrons. The smallest absolute Gasteiger partial charge is 0.0423 e. The van der Waals surface area contributed by atoms with E-state index in [2.05, 4.69) is 79.1 Å². The van der Waals surface area contributed by atoms with Gasteiger partial charge in [0.1, 0.15) is 0 Å². The number of rotatable bonds is 8. The number of benzene rings is 1. The Kier molecular flexibility index (Phi) is 7.60. The molecule has 2 unspecified atom stereocenters. The van der Waals surface area contributed by atoms with Crippen LogP contribution in [0, 0.1) is 5.92 Å². The minimum atomic E-state index is 0.387. The first-order valence-electron chi connectivity index (χ1n) is 7.73. The summed E-state index contributed by atoms with van der Waals surface area (Å²) in [6.45, 7) is 11.2. The van der Waals surface area contributed by atoms with Gasteiger partial charge in [0.25, 0.3) is 0 Å². The molecule has 1 N–H and O–H groups in total. The molecule has 0 spiro atoms. The fraction of sp³-hybridized carbons (Fsp3) is 0.647. The average Bonchev–Trinajstić information content (AvgIpc) is 2.44. The summed E-state index contributed by atoms with van der Waals surface area (Å²) in [6.07, 6.45) is 2.39. The molecule has 114 valence electrons. The van der Waals surface area contributed by atoms with Crippen LogP contribution in [0.1, 0.15) is 52.1 Å². The third-order valence-corrected chi connectivity index (χ3v) is 4.35. The lowest BCUT2D eigenvalue weighted by Gasteiger charge is -2.28. The van der Waals surface area contributed by atoms with Crippen molar-refractivity contribution in [1.82, 2.24) is 5.32 Å². The molecule has 20 heavy (non-hydrogen) atoms. The number of anilines is 1. The zero-order chi connectivity index (χ0) is 15.1. The highest BCUT2D eigenvalue weighted by molar-refractivity contribution is 9.10. The first kappa shape index (κ1) is 17.5. The van der Waals surface area contributed by atoms with Crippen LogP contribution in [0.25, 0.3) is 0 Å². The maximum absolute atomic E-state index is 3.60. The highest BCUT2D eigenvalue weighted by Gasteiger charge is 2.15. The Bertz CT molecular complexity index is 406. The van der Waals surface area contributed by atoms with Crippen molar-refractivity contribution < 1.29 is 0 Å². The van der Waals surface area contributed by atoms with Crippen LogP contribution in [0.4, 0.5) is 5.69 Å². The third-order valence-electron chi connectivity index (χ3n) is 3.85. The molecule has 2 nitrogen and oxygen atoms in total. The Hall–Kier alpha value is -0.540. The number of hydrogen-bond donors (Lipinski definition) is 1. The molecular formula is C17H29BrN2. The second kappa shape index (κ2) is 8.68. The van der Waals surface area contributed by atoms with Gasteiger partial charge >= 0.3 is 0 Å². The van der Waals surface area contributed by atoms with E-state index in [1.807, 2.05) is 0 Å². The van der Waals surface area contributed by atoms with Gasteiger partial charge in [0, 0.05) is 29.8 Å². The molecule has 0 aromatic heterocycles. The fourth-order valence-electron chi connectivity index (χ4n) is 2.38. The van der Waals surface area contributed by atoms with Crippen LogP contribution in [-0.2, 0) is 0 Å². The molecule has 1 aromatic carbocycles. The van der Waals surface area contributed by atoms with E-state index >= 15 is 0 Å². The lowest BCUT2D eigenvalue weighted by molar-refractivity contribution is 0.549. The number of hydrogen-bond acceptors (Lipinski definition) is 2. The van der Waals surface area contributed by atoms with E-state index in [0.717, 1.165) is 17.6 Å². The summed E-state index contributed by atoms with van der Waals surface area (Å²) in [6, 6.07) is 7.00. The van der Waals surface area contributed by atoms with E-state index < -0.39 is 0 Å². The van der Waals surface area contributed by atoms with Gasteiger partial charge < -0.3 is 10.2 Å². The highest BCUT2D eigenvalue weighted by Crippen LogP contribution is 2.29. The number of nitrogens with zero attached hydrogens (tertiary/aromatic N) is 1. The zero-order valence-electron chi connectivity index (χ0n) is 13.5. The minimum absolute atomic E-state index is 0.387. The van der Waals surface area contributed by atoms with E-state index in [1.54, 1.807) is 0 Å². The lowest BCUT2D eigenvalue weighted by Crippen LogP contribution is -2.27. The third kappa shape index (κ3) is 5.10. The normalized spacial score (nSPS) is 14.1. The lowest BCUT2D eigenvalue weighted by atomic mass is 10.0. The molecule has 1 rings (SSSR count). The fourth-order valence-corrected chi connectivity index (χ4v) is 2.73. The molecule has 3 heteroatoms. The largest absolute Gasteiger partial charge is 0.374 e. The van der Waals surface area contributed by atoms with E-state index in [1.165, 1.54) is 24.1 Å². The van der Waals surface area contributed by atoms with Crippen LogP contribution in [0.15, 0.2) is 22.7 Å². The van der Waals surface area contributed by atoms with Gasteiger partial charge in [0.15, 0.2) is 0 Å². The maximum Gasteiger partial charge on any atom is 0.0423 e. The van der Waals surface area contributed by atoms with Crippen LogP contribution in [-0.4, -0.2) is 20.1 Å². The standard InChI is InChI=1S/C17H29BrN2/c1-6-10-19-14(4)16-9-8-15(18)11-17(16)20(5)12-13(3)7-2/h8-9,11,13-14,19H,6-7,10,12H2,1-5H3. The van der Waals surface area contributed by atoms with Gasteiger partial charge in [-0.05, 0) is 43.5 Å². The van der Waals surface area contributed by atoms with Crippen molar-refractivity contribution in [3.8, 4) is 0 Å². The van der Waals surface area contributed by atoms with E-state index in [0.29, 0.717) is 12.0 Å². The second-order valence-corrected chi connectivity index (χ2v) is 6.69. The van der Waals surface area contributed by atoms with Crippen LogP contribution >= 0.6 is 15.9 Å². The Morgan fingerprint density at radius 3 is 2.55 bits per heavy atom. The van der Waals surface area contributed by atoms with Crippen molar-refractivity contribution in [2.24, 2.45) is 5.92 Å². The van der Waals surface area contributed by atoms with Gasteiger partial charge in [-0.25, -0.2) is 0 Å². The van der Waals surface area contributed by atoms with Gasteiger partial charge in [0.2, 0.25) is 0 Å². The molecule has 0 bridgehead atoms. The van der Waals surface area contributed by atoms with Crippen LogP contribution in [0.2, 0.25) is 0 Å². The average molecular weight is 341 g/mol. The predicted molar refractivity (Wildman–Crippen MR) is 93.6 cm³/mol. The van der Waals surface area contributed by atoms with Gasteiger partial charge in [-0.15, -0.1) is 0 Å². The van der Waals surface area contributed by atoms with Gasteiger partial charge in [-0.1, -0.05) is 49.2 Å². The highest BCUT2D eigenvalue weighted by atomic mass is 79.9. The quantitative estimate of drug-likeness (QED) is 0.716. The van der Waals surface area contributed by atoms with Gasteiger partial charge in [-0.2, -0.15) is 0 Å². The molecule has 0 saturated carbocycles. The van der Waals surface area contributed by atoms with Crippen molar-refractivity contribution in [1.29, 1.82) is 0 Å². The molecule has 2 atom stereocenters. The summed E-state index contributed by atoms with van der Waals surface area (Å²) in [7, 11) is 2.20. The summed E-state index contributed by atoms with van der Waals surface area (Å²) in [5.41, 5.74) is 2.71. The Labute approximate surface area is 133 Å². The molecular weight excluding hydrogens is 312 g/mol. The van der Waals surface area contributed by atoms with Crippen LogP contribution in [0.3, 0.4) is 0 Å². The van der Waals surface area contributed by atoms with E-state index in [-0.39, 0.29) is 0 Å². The van der Waals surface area contributed by atoms with Crippen molar-refractivity contribution in [3.05, 3.63) is 28.2 Å². The topological polar surface area (TPSA) is 15.3 Å².